The van der Waals surface area contributed by atoms with Crippen LogP contribution < -0.4 is 32.3 Å². The summed E-state index contributed by atoms with van der Waals surface area (Å²) in [5.74, 6) is -6.75. The van der Waals surface area contributed by atoms with Gasteiger partial charge in [0.05, 0.1) is 25.4 Å². The average molecular weight is 887 g/mol. The molecular formula is C46H56F2N8O8. The zero-order chi connectivity index (χ0) is 47.1. The summed E-state index contributed by atoms with van der Waals surface area (Å²) in [6.45, 7) is 5.50. The van der Waals surface area contributed by atoms with E-state index in [2.05, 4.69) is 26.6 Å². The lowest BCUT2D eigenvalue weighted by Crippen LogP contribution is -2.57. The molecule has 342 valence electrons. The monoisotopic (exact) mass is 886 g/mol. The van der Waals surface area contributed by atoms with Crippen molar-refractivity contribution < 1.29 is 47.4 Å². The number of rotatable bonds is 21. The second-order valence-electron chi connectivity index (χ2n) is 16.3. The summed E-state index contributed by atoms with van der Waals surface area (Å²) in [7, 11) is 1.32. The number of nitrogens with zero attached hydrogens (tertiary/aromatic N) is 2. The predicted molar refractivity (Wildman–Crippen MR) is 233 cm³/mol. The maximum atomic E-state index is 15.2. The van der Waals surface area contributed by atoms with Crippen LogP contribution in [0.4, 0.5) is 8.78 Å². The molecule has 0 aliphatic rings. The van der Waals surface area contributed by atoms with Gasteiger partial charge in [0, 0.05) is 43.2 Å². The van der Waals surface area contributed by atoms with Crippen LogP contribution >= 0.6 is 0 Å². The lowest BCUT2D eigenvalue weighted by molar-refractivity contribution is -0.140. The largest absolute Gasteiger partial charge is 0.387 e. The van der Waals surface area contributed by atoms with Crippen molar-refractivity contribution in [2.45, 2.75) is 77.7 Å². The maximum absolute atomic E-state index is 15.2. The molecule has 16 nitrogen and oxygen atoms in total. The van der Waals surface area contributed by atoms with E-state index in [1.165, 1.54) is 18.9 Å². The molecule has 0 radical (unpaired) electrons. The van der Waals surface area contributed by atoms with Crippen molar-refractivity contribution in [3.05, 3.63) is 120 Å². The van der Waals surface area contributed by atoms with Gasteiger partial charge in [0.2, 0.25) is 41.4 Å². The van der Waals surface area contributed by atoms with Gasteiger partial charge >= 0.3 is 0 Å². The van der Waals surface area contributed by atoms with Gasteiger partial charge in [0.25, 0.3) is 0 Å². The molecule has 1 heterocycles. The number of aliphatic hydroxyl groups excluding tert-OH is 1. The zero-order valence-corrected chi connectivity index (χ0v) is 36.5. The molecule has 4 atom stereocenters. The second kappa shape index (κ2) is 22.9. The highest BCUT2D eigenvalue weighted by molar-refractivity contribution is 5.96. The number of hydrogen-bond acceptors (Lipinski definition) is 8. The minimum atomic E-state index is -1.61. The average Bonchev–Trinajstić information content (AvgIpc) is 3.65. The Morgan fingerprint density at radius 2 is 1.42 bits per heavy atom. The number of primary amides is 1. The summed E-state index contributed by atoms with van der Waals surface area (Å²) in [5, 5.41) is 22.5. The number of carbonyl (C=O) groups is 7. The van der Waals surface area contributed by atoms with E-state index >= 15 is 4.39 Å². The number of likely N-dealkylation sites (N-methyl/N-ethyl adjacent to an activating group) is 1. The minimum absolute atomic E-state index is 0.0134. The third-order valence-electron chi connectivity index (χ3n) is 10.2. The summed E-state index contributed by atoms with van der Waals surface area (Å²) < 4.78 is 31.4. The Labute approximate surface area is 370 Å². The molecule has 4 aromatic rings. The lowest BCUT2D eigenvalue weighted by atomic mass is 9.82. The quantitative estimate of drug-likeness (QED) is 0.0654. The third kappa shape index (κ3) is 14.3. The van der Waals surface area contributed by atoms with Gasteiger partial charge in [-0.1, -0.05) is 81.4 Å². The first-order valence-electron chi connectivity index (χ1n) is 20.6. The predicted octanol–water partition coefficient (Wildman–Crippen LogP) is 2.23. The number of hydrogen-bond donors (Lipinski definition) is 7. The topological polar surface area (TPSA) is 234 Å². The van der Waals surface area contributed by atoms with Crippen LogP contribution in [0.5, 0.6) is 0 Å². The van der Waals surface area contributed by atoms with E-state index in [0.29, 0.717) is 11.3 Å². The van der Waals surface area contributed by atoms with Crippen molar-refractivity contribution in [1.82, 2.24) is 36.1 Å². The number of carbonyl (C=O) groups excluding carboxylic acids is 7. The van der Waals surface area contributed by atoms with Crippen LogP contribution in [0.25, 0.3) is 11.1 Å². The van der Waals surface area contributed by atoms with Crippen molar-refractivity contribution in [1.29, 1.82) is 0 Å². The van der Waals surface area contributed by atoms with Crippen molar-refractivity contribution in [2.24, 2.45) is 11.1 Å². The van der Waals surface area contributed by atoms with Crippen molar-refractivity contribution in [3.63, 3.8) is 0 Å². The molecule has 1 aromatic heterocycles. The number of nitrogens with one attached hydrogen (secondary N) is 5. The minimum Gasteiger partial charge on any atom is -0.387 e. The number of nitrogens with two attached hydrogens (primary N) is 1. The molecule has 64 heavy (non-hydrogen) atoms. The normalized spacial score (nSPS) is 13.1. The molecule has 0 bridgehead atoms. The second-order valence-corrected chi connectivity index (χ2v) is 16.3. The summed E-state index contributed by atoms with van der Waals surface area (Å²) >= 11 is 0. The zero-order valence-electron chi connectivity index (χ0n) is 36.5. The smallest absolute Gasteiger partial charge is 0.248 e. The fourth-order valence-corrected chi connectivity index (χ4v) is 7.17. The number of halogens is 2. The van der Waals surface area contributed by atoms with E-state index in [-0.39, 0.29) is 31.5 Å². The molecule has 3 aromatic carbocycles. The Hall–Kier alpha value is -6.95. The molecule has 4 rings (SSSR count). The number of aliphatic hydroxyl groups is 1. The molecule has 7 amide bonds. The highest BCUT2D eigenvalue weighted by atomic mass is 19.1. The highest BCUT2D eigenvalue weighted by Crippen LogP contribution is 2.41. The SMILES string of the molecule is CNC(=O)[C@H](CCN(C(=O)CO)[C@@H](c1cc(-c2cc(F)ccc2F)cn1Cc1ccccc1)C(C)(C)C)NC(=O)[C@H](CC(N)=O)NC(=O)[C@H](C)NC(=O)CNC(=O)Cc1ccccc1. The van der Waals surface area contributed by atoms with Crippen molar-refractivity contribution >= 4 is 41.4 Å². The molecule has 8 N–H and O–H groups in total. The van der Waals surface area contributed by atoms with Crippen molar-refractivity contribution in [3.8, 4) is 11.1 Å². The first kappa shape index (κ1) is 49.7. The summed E-state index contributed by atoms with van der Waals surface area (Å²) in [4.78, 5) is 92.3. The van der Waals surface area contributed by atoms with Gasteiger partial charge in [-0.25, -0.2) is 8.78 Å². The van der Waals surface area contributed by atoms with E-state index in [0.717, 1.165) is 29.3 Å². The first-order valence-corrected chi connectivity index (χ1v) is 20.6. The molecule has 0 saturated heterocycles. The Balaban J connectivity index is 1.55. The third-order valence-corrected chi connectivity index (χ3v) is 10.2. The lowest BCUT2D eigenvalue weighted by Gasteiger charge is -2.41. The van der Waals surface area contributed by atoms with E-state index in [1.807, 2.05) is 55.7 Å². The van der Waals surface area contributed by atoms with E-state index in [1.54, 1.807) is 42.6 Å². The maximum Gasteiger partial charge on any atom is 0.248 e. The highest BCUT2D eigenvalue weighted by Gasteiger charge is 2.38. The molecular weight excluding hydrogens is 831 g/mol. The Bertz CT molecular complexity index is 2280. The number of aromatic nitrogens is 1. The fraction of sp³-hybridized carbons (Fsp3) is 0.370. The van der Waals surface area contributed by atoms with Gasteiger partial charge in [-0.15, -0.1) is 0 Å². The Kier molecular flexibility index (Phi) is 17.8. The molecule has 0 spiro atoms. The first-order chi connectivity index (χ1) is 30.3. The standard InChI is InChI=1S/C46H56F2N8O8/c1-28(52-40(60)24-51-39(59)20-29-12-8-6-9-13-29)43(62)54-36(23-38(49)58)45(64)53-35(44(63)50-5)18-19-56(41(61)27-57)42(46(2,3)4)37-21-31(33-22-32(47)16-17-34(33)48)26-55(37)25-30-14-10-7-11-15-30/h6-17,21-22,26,28,35-36,42,57H,18-20,23-25,27H2,1-5H3,(H2,49,58)(H,50,63)(H,51,59)(H,52,60)(H,53,64)(H,54,62)/t28-,35-,36-,42-/m0/s1. The van der Waals surface area contributed by atoms with Crippen LogP contribution in [0.15, 0.2) is 91.1 Å². The Morgan fingerprint density at radius 1 is 0.797 bits per heavy atom. The molecule has 0 saturated carbocycles. The van der Waals surface area contributed by atoms with Crippen molar-refractivity contribution in [2.75, 3.05) is 26.7 Å². The van der Waals surface area contributed by atoms with Crippen LogP contribution in [-0.4, -0.2) is 101 Å². The van der Waals surface area contributed by atoms with Crippen LogP contribution in [-0.2, 0) is 46.5 Å². The van der Waals surface area contributed by atoms with Crippen LogP contribution in [0.2, 0.25) is 0 Å². The molecule has 0 aliphatic carbocycles. The van der Waals surface area contributed by atoms with Gasteiger partial charge in [-0.3, -0.25) is 33.6 Å². The molecule has 0 fully saturated rings. The van der Waals surface area contributed by atoms with Crippen LogP contribution in [0.3, 0.4) is 0 Å². The van der Waals surface area contributed by atoms with Gasteiger partial charge in [-0.05, 0) is 54.2 Å². The van der Waals surface area contributed by atoms with E-state index < -0.39 is 102 Å². The number of benzene rings is 3. The van der Waals surface area contributed by atoms with Gasteiger partial charge in [0.1, 0.15) is 36.4 Å². The fourth-order valence-electron chi connectivity index (χ4n) is 7.17. The summed E-state index contributed by atoms with van der Waals surface area (Å²) in [5.41, 5.74) is 7.03. The van der Waals surface area contributed by atoms with Crippen LogP contribution in [0.1, 0.15) is 63.4 Å². The van der Waals surface area contributed by atoms with E-state index in [4.69, 9.17) is 5.73 Å². The van der Waals surface area contributed by atoms with Gasteiger partial charge in [0.15, 0.2) is 0 Å². The van der Waals surface area contributed by atoms with Gasteiger partial charge in [-0.2, -0.15) is 0 Å². The Morgan fingerprint density at radius 3 is 2.02 bits per heavy atom. The van der Waals surface area contributed by atoms with E-state index in [9.17, 15) is 43.1 Å². The molecule has 0 unspecified atom stereocenters. The number of amides is 7. The summed E-state index contributed by atoms with van der Waals surface area (Å²) in [6.07, 6.45) is 0.747. The van der Waals surface area contributed by atoms with Crippen LogP contribution in [0, 0.1) is 17.0 Å². The molecule has 18 heteroatoms. The molecule has 0 aliphatic heterocycles. The summed E-state index contributed by atoms with van der Waals surface area (Å²) in [6, 6.07) is 17.8. The van der Waals surface area contributed by atoms with Gasteiger partial charge < -0.3 is 46.9 Å².